The number of amides is 1. The fourth-order valence-corrected chi connectivity index (χ4v) is 14.1. The second kappa shape index (κ2) is 82.0. The van der Waals surface area contributed by atoms with Crippen LogP contribution in [-0.2, 0) is 14.3 Å². The fourth-order valence-electron chi connectivity index (χ4n) is 14.1. The zero-order chi connectivity index (χ0) is 66.3. The molecule has 2 atom stereocenters. The van der Waals surface area contributed by atoms with E-state index in [1.54, 1.807) is 0 Å². The maximum Gasteiger partial charge on any atom is 0.305 e. The molecule has 0 rings (SSSR count). The number of aliphatic hydroxyl groups is 2. The van der Waals surface area contributed by atoms with Gasteiger partial charge in [-0.05, 0) is 51.4 Å². The molecule has 92 heavy (non-hydrogen) atoms. The molecule has 0 aliphatic rings. The topological polar surface area (TPSA) is 95.9 Å². The first-order chi connectivity index (χ1) is 45.5. The standard InChI is InChI=1S/C86H169NO5/c1-3-5-7-9-11-13-15-17-19-20-21-22-42-45-48-51-54-58-62-66-70-74-78-84(89)83(82-88)87-85(90)79-75-71-67-63-59-55-52-49-46-43-40-38-36-34-32-30-28-26-24-23-25-27-29-31-33-35-37-39-41-44-47-50-53-57-61-65-69-73-77-81-92-86(91)80-76-72-68-64-60-56-18-16-14-12-10-8-6-4-2/h23-24,83-84,88-89H,3-22,25-82H2,1-2H3,(H,87,90)/b24-23-. The number of unbranched alkanes of at least 4 members (excludes halogenated alkanes) is 69. The molecule has 0 saturated carbocycles. The van der Waals surface area contributed by atoms with Gasteiger partial charge in [-0.15, -0.1) is 0 Å². The lowest BCUT2D eigenvalue weighted by Crippen LogP contribution is -2.45. The van der Waals surface area contributed by atoms with Crippen molar-refractivity contribution in [2.75, 3.05) is 13.2 Å². The maximum absolute atomic E-state index is 12.6. The van der Waals surface area contributed by atoms with Crippen molar-refractivity contribution in [2.24, 2.45) is 0 Å². The molecule has 3 N–H and O–H groups in total. The summed E-state index contributed by atoms with van der Waals surface area (Å²) in [5.74, 6) is 0.00172. The average Bonchev–Trinajstić information content (AvgIpc) is 3.63. The minimum absolute atomic E-state index is 0.0244. The molecule has 0 fully saturated rings. The molecular formula is C86H169NO5. The number of hydrogen-bond donors (Lipinski definition) is 3. The smallest absolute Gasteiger partial charge is 0.305 e. The van der Waals surface area contributed by atoms with Gasteiger partial charge in [0, 0.05) is 12.8 Å². The van der Waals surface area contributed by atoms with Crippen molar-refractivity contribution < 1.29 is 24.5 Å². The summed E-state index contributed by atoms with van der Waals surface area (Å²) < 4.78 is 5.51. The van der Waals surface area contributed by atoms with Crippen LogP contribution in [0.2, 0.25) is 0 Å². The molecule has 6 heteroatoms. The minimum Gasteiger partial charge on any atom is -0.466 e. The monoisotopic (exact) mass is 1300 g/mol. The van der Waals surface area contributed by atoms with Gasteiger partial charge in [0.15, 0.2) is 0 Å². The summed E-state index contributed by atoms with van der Waals surface area (Å²) in [7, 11) is 0. The first-order valence-corrected chi connectivity index (χ1v) is 42.9. The SMILES string of the molecule is CCCCCCCCCCCCCCCCCCCCCCCCC(O)C(CO)NC(=O)CCCCCCCCCCCCCCCCCCC/C=C\CCCCCCCCCCCCCCCCCCCCOC(=O)CCCCCCCCCCCCCCCC. The molecule has 6 nitrogen and oxygen atoms in total. The Balaban J connectivity index is 3.32. The van der Waals surface area contributed by atoms with Gasteiger partial charge in [0.25, 0.3) is 0 Å². The van der Waals surface area contributed by atoms with Gasteiger partial charge < -0.3 is 20.3 Å². The lowest BCUT2D eigenvalue weighted by atomic mass is 10.0. The van der Waals surface area contributed by atoms with Crippen LogP contribution in [0.3, 0.4) is 0 Å². The van der Waals surface area contributed by atoms with Crippen LogP contribution >= 0.6 is 0 Å². The molecule has 0 aliphatic carbocycles. The fraction of sp³-hybridized carbons (Fsp3) is 0.953. The Morgan fingerprint density at radius 2 is 0.511 bits per heavy atom. The highest BCUT2D eigenvalue weighted by Gasteiger charge is 2.20. The van der Waals surface area contributed by atoms with Crippen LogP contribution in [0.4, 0.5) is 0 Å². The van der Waals surface area contributed by atoms with Gasteiger partial charge in [0.2, 0.25) is 5.91 Å². The summed E-state index contributed by atoms with van der Waals surface area (Å²) in [6.07, 6.45) is 105. The summed E-state index contributed by atoms with van der Waals surface area (Å²) >= 11 is 0. The molecule has 0 spiro atoms. The predicted molar refractivity (Wildman–Crippen MR) is 407 cm³/mol. The lowest BCUT2D eigenvalue weighted by Gasteiger charge is -2.22. The van der Waals surface area contributed by atoms with E-state index in [0.29, 0.717) is 25.9 Å². The van der Waals surface area contributed by atoms with E-state index >= 15 is 0 Å². The van der Waals surface area contributed by atoms with Crippen molar-refractivity contribution in [1.82, 2.24) is 5.32 Å². The Kier molecular flexibility index (Phi) is 80.8. The minimum atomic E-state index is -0.662. The molecule has 0 aromatic rings. The third-order valence-corrected chi connectivity index (χ3v) is 20.6. The van der Waals surface area contributed by atoms with Gasteiger partial charge in [-0.2, -0.15) is 0 Å². The van der Waals surface area contributed by atoms with Crippen molar-refractivity contribution in [3.63, 3.8) is 0 Å². The molecule has 0 aliphatic heterocycles. The van der Waals surface area contributed by atoms with E-state index in [2.05, 4.69) is 31.3 Å². The van der Waals surface area contributed by atoms with E-state index in [0.717, 1.165) is 38.5 Å². The summed E-state index contributed by atoms with van der Waals surface area (Å²) in [4.78, 5) is 24.7. The number of carbonyl (C=O) groups excluding carboxylic acids is 2. The van der Waals surface area contributed by atoms with Crippen molar-refractivity contribution in [2.45, 2.75) is 514 Å². The van der Waals surface area contributed by atoms with Crippen molar-refractivity contribution in [3.8, 4) is 0 Å². The molecule has 0 bridgehead atoms. The highest BCUT2D eigenvalue weighted by Crippen LogP contribution is 2.21. The largest absolute Gasteiger partial charge is 0.466 e. The van der Waals surface area contributed by atoms with Crippen LogP contribution in [0.1, 0.15) is 502 Å². The summed E-state index contributed by atoms with van der Waals surface area (Å²) in [5, 5.41) is 23.5. The zero-order valence-corrected chi connectivity index (χ0v) is 63.1. The Hall–Kier alpha value is -1.40. The number of hydrogen-bond acceptors (Lipinski definition) is 5. The highest BCUT2D eigenvalue weighted by atomic mass is 16.5. The van der Waals surface area contributed by atoms with E-state index in [4.69, 9.17) is 4.74 Å². The van der Waals surface area contributed by atoms with Gasteiger partial charge in [0.05, 0.1) is 25.4 Å². The van der Waals surface area contributed by atoms with Gasteiger partial charge in [-0.1, -0.05) is 450 Å². The van der Waals surface area contributed by atoms with E-state index in [1.165, 1.54) is 430 Å². The molecule has 0 radical (unpaired) electrons. The Morgan fingerprint density at radius 1 is 0.293 bits per heavy atom. The summed E-state index contributed by atoms with van der Waals surface area (Å²) in [6.45, 7) is 5.02. The Bertz CT molecular complexity index is 1400. The predicted octanol–water partition coefficient (Wildman–Crippen LogP) is 28.6. The van der Waals surface area contributed by atoms with E-state index in [1.807, 2.05) is 0 Å². The number of carbonyl (C=O) groups is 2. The van der Waals surface area contributed by atoms with Crippen molar-refractivity contribution in [1.29, 1.82) is 0 Å². The molecule has 0 heterocycles. The van der Waals surface area contributed by atoms with Crippen LogP contribution < -0.4 is 5.32 Å². The Morgan fingerprint density at radius 3 is 0.772 bits per heavy atom. The number of allylic oxidation sites excluding steroid dienone is 2. The summed E-state index contributed by atoms with van der Waals surface area (Å²) in [6, 6.07) is -0.539. The first-order valence-electron chi connectivity index (χ1n) is 42.9. The zero-order valence-electron chi connectivity index (χ0n) is 63.1. The number of ether oxygens (including phenoxy) is 1. The van der Waals surface area contributed by atoms with E-state index in [9.17, 15) is 19.8 Å². The second-order valence-electron chi connectivity index (χ2n) is 29.9. The molecule has 0 saturated heterocycles. The quantitative estimate of drug-likeness (QED) is 0.0320. The van der Waals surface area contributed by atoms with E-state index < -0.39 is 12.1 Å². The molecule has 0 aromatic carbocycles. The molecule has 548 valence electrons. The van der Waals surface area contributed by atoms with E-state index in [-0.39, 0.29) is 18.5 Å². The maximum atomic E-state index is 12.6. The van der Waals surface area contributed by atoms with Gasteiger partial charge in [-0.3, -0.25) is 9.59 Å². The van der Waals surface area contributed by atoms with Crippen LogP contribution in [0.15, 0.2) is 12.2 Å². The molecule has 0 aromatic heterocycles. The Labute approximate surface area is 578 Å². The summed E-state index contributed by atoms with van der Waals surface area (Å²) in [5.41, 5.74) is 0. The number of nitrogens with one attached hydrogen (secondary N) is 1. The molecule has 2 unspecified atom stereocenters. The number of esters is 1. The average molecular weight is 1300 g/mol. The third kappa shape index (κ3) is 77.6. The van der Waals surface area contributed by atoms with Gasteiger partial charge in [-0.25, -0.2) is 0 Å². The highest BCUT2D eigenvalue weighted by molar-refractivity contribution is 5.76. The number of aliphatic hydroxyl groups excluding tert-OH is 2. The normalized spacial score (nSPS) is 12.4. The van der Waals surface area contributed by atoms with Crippen molar-refractivity contribution in [3.05, 3.63) is 12.2 Å². The van der Waals surface area contributed by atoms with Crippen LogP contribution in [-0.4, -0.2) is 47.4 Å². The van der Waals surface area contributed by atoms with Crippen molar-refractivity contribution >= 4 is 11.9 Å². The van der Waals surface area contributed by atoms with Crippen LogP contribution in [0, 0.1) is 0 Å². The van der Waals surface area contributed by atoms with Crippen LogP contribution in [0.25, 0.3) is 0 Å². The lowest BCUT2D eigenvalue weighted by molar-refractivity contribution is -0.143. The first kappa shape index (κ1) is 90.6. The number of rotatable bonds is 82. The van der Waals surface area contributed by atoms with Gasteiger partial charge in [0.1, 0.15) is 0 Å². The third-order valence-electron chi connectivity index (χ3n) is 20.6. The van der Waals surface area contributed by atoms with Crippen LogP contribution in [0.5, 0.6) is 0 Å². The second-order valence-corrected chi connectivity index (χ2v) is 29.9. The van der Waals surface area contributed by atoms with Gasteiger partial charge >= 0.3 is 5.97 Å². The molecule has 1 amide bonds. The molecular weight excluding hydrogens is 1130 g/mol.